The number of benzene rings is 1. The number of rotatable bonds is 5. The van der Waals surface area contributed by atoms with Crippen LogP contribution in [0.4, 0.5) is 5.82 Å². The third-order valence-electron chi connectivity index (χ3n) is 2.78. The van der Waals surface area contributed by atoms with Crippen LogP contribution in [0.3, 0.4) is 0 Å². The van der Waals surface area contributed by atoms with Crippen LogP contribution in [0.5, 0.6) is 0 Å². The Kier molecular flexibility index (Phi) is 4.99. The summed E-state index contributed by atoms with van der Waals surface area (Å²) in [7, 11) is 1.36. The first-order valence-electron chi connectivity index (χ1n) is 6.21. The Morgan fingerprint density at radius 3 is 2.76 bits per heavy atom. The standard InChI is InChI=1S/C14H15N3O3S/c1-20-13(19)6-9-4-2-3-5-10(9)8-21-14-16-11(15)7-12(18)17-14/h2-5,7H,6,8H2,1H3,(H3,15,16,17,18). The second-order valence-corrected chi connectivity index (χ2v) is 5.25. The first-order chi connectivity index (χ1) is 10.1. The molecule has 0 aliphatic carbocycles. The Labute approximate surface area is 125 Å². The maximum Gasteiger partial charge on any atom is 0.309 e. The van der Waals surface area contributed by atoms with Crippen LogP contribution in [0, 0.1) is 0 Å². The molecule has 7 heteroatoms. The molecule has 110 valence electrons. The van der Waals surface area contributed by atoms with Gasteiger partial charge in [-0.05, 0) is 11.1 Å². The van der Waals surface area contributed by atoms with Crippen LogP contribution in [0.2, 0.25) is 0 Å². The number of nitrogens with one attached hydrogen (secondary N) is 1. The molecule has 1 aromatic carbocycles. The van der Waals surface area contributed by atoms with Gasteiger partial charge in [-0.15, -0.1) is 0 Å². The molecule has 0 spiro atoms. The molecule has 21 heavy (non-hydrogen) atoms. The number of H-pyrrole nitrogens is 1. The van der Waals surface area contributed by atoms with Crippen LogP contribution in [0.1, 0.15) is 11.1 Å². The Morgan fingerprint density at radius 2 is 2.10 bits per heavy atom. The van der Waals surface area contributed by atoms with Gasteiger partial charge in [0.25, 0.3) is 5.56 Å². The topological polar surface area (TPSA) is 98.1 Å². The molecule has 0 atom stereocenters. The molecule has 2 rings (SSSR count). The smallest absolute Gasteiger partial charge is 0.309 e. The van der Waals surface area contributed by atoms with Gasteiger partial charge in [0.2, 0.25) is 0 Å². The maximum atomic E-state index is 11.4. The molecule has 0 radical (unpaired) electrons. The van der Waals surface area contributed by atoms with E-state index < -0.39 is 0 Å². The molecule has 2 aromatic rings. The summed E-state index contributed by atoms with van der Waals surface area (Å²) in [6, 6.07) is 8.80. The fourth-order valence-corrected chi connectivity index (χ4v) is 2.68. The average Bonchev–Trinajstić information content (AvgIpc) is 2.45. The van der Waals surface area contributed by atoms with E-state index in [9.17, 15) is 9.59 Å². The summed E-state index contributed by atoms with van der Waals surface area (Å²) in [6.07, 6.45) is 0.216. The van der Waals surface area contributed by atoms with Crippen LogP contribution < -0.4 is 11.3 Å². The molecule has 0 saturated carbocycles. The number of carbonyl (C=O) groups excluding carboxylic acids is 1. The molecule has 0 aliphatic heterocycles. The lowest BCUT2D eigenvalue weighted by Crippen LogP contribution is -2.10. The lowest BCUT2D eigenvalue weighted by atomic mass is 10.1. The van der Waals surface area contributed by atoms with Crippen molar-refractivity contribution in [1.29, 1.82) is 0 Å². The number of hydrogen-bond acceptors (Lipinski definition) is 6. The number of anilines is 1. The SMILES string of the molecule is COC(=O)Cc1ccccc1CSc1nc(N)cc(=O)[nH]1. The first kappa shape index (κ1) is 15.1. The lowest BCUT2D eigenvalue weighted by Gasteiger charge is -2.08. The number of nitrogens with two attached hydrogens (primary N) is 1. The molecule has 3 N–H and O–H groups in total. The van der Waals surface area contributed by atoms with E-state index in [0.29, 0.717) is 10.9 Å². The summed E-state index contributed by atoms with van der Waals surface area (Å²) >= 11 is 1.35. The molecule has 0 unspecified atom stereocenters. The van der Waals surface area contributed by atoms with Gasteiger partial charge in [-0.2, -0.15) is 0 Å². The van der Waals surface area contributed by atoms with Crippen molar-refractivity contribution in [3.05, 3.63) is 51.8 Å². The normalized spacial score (nSPS) is 10.3. The number of hydrogen-bond donors (Lipinski definition) is 2. The Bertz CT molecular complexity index is 700. The molecule has 0 fully saturated rings. The third-order valence-corrected chi connectivity index (χ3v) is 3.71. The van der Waals surface area contributed by atoms with Crippen LogP contribution >= 0.6 is 11.8 Å². The third kappa shape index (κ3) is 4.35. The Balaban J connectivity index is 2.12. The zero-order valence-corrected chi connectivity index (χ0v) is 12.3. The number of methoxy groups -OCH3 is 1. The van der Waals surface area contributed by atoms with Gasteiger partial charge in [0.05, 0.1) is 13.5 Å². The predicted molar refractivity (Wildman–Crippen MR) is 81.0 cm³/mol. The molecule has 0 aliphatic rings. The van der Waals surface area contributed by atoms with Gasteiger partial charge >= 0.3 is 5.97 Å². The average molecular weight is 305 g/mol. The molecule has 1 aromatic heterocycles. The highest BCUT2D eigenvalue weighted by Gasteiger charge is 2.09. The molecular formula is C14H15N3O3S. The van der Waals surface area contributed by atoms with Crippen molar-refractivity contribution in [3.63, 3.8) is 0 Å². The number of esters is 1. The van der Waals surface area contributed by atoms with Gasteiger partial charge in [-0.25, -0.2) is 4.98 Å². The highest BCUT2D eigenvalue weighted by molar-refractivity contribution is 7.98. The monoisotopic (exact) mass is 305 g/mol. The van der Waals surface area contributed by atoms with Crippen LogP contribution in [-0.2, 0) is 21.7 Å². The number of nitrogen functional groups attached to an aromatic ring is 1. The summed E-state index contributed by atoms with van der Waals surface area (Å²) in [5.74, 6) is 0.464. The minimum atomic E-state index is -0.289. The summed E-state index contributed by atoms with van der Waals surface area (Å²) in [5.41, 5.74) is 7.13. The zero-order chi connectivity index (χ0) is 15.2. The highest BCUT2D eigenvalue weighted by atomic mass is 32.2. The van der Waals surface area contributed by atoms with Crippen molar-refractivity contribution in [2.75, 3.05) is 12.8 Å². The number of aromatic amines is 1. The minimum Gasteiger partial charge on any atom is -0.469 e. The van der Waals surface area contributed by atoms with Gasteiger partial charge in [0, 0.05) is 11.8 Å². The van der Waals surface area contributed by atoms with Gasteiger partial charge in [-0.3, -0.25) is 9.59 Å². The van der Waals surface area contributed by atoms with Gasteiger partial charge < -0.3 is 15.5 Å². The number of aromatic nitrogens is 2. The quantitative estimate of drug-likeness (QED) is 0.492. The maximum absolute atomic E-state index is 11.4. The number of ether oxygens (including phenoxy) is 1. The van der Waals surface area contributed by atoms with E-state index in [0.717, 1.165) is 11.1 Å². The van der Waals surface area contributed by atoms with E-state index in [-0.39, 0.29) is 23.8 Å². The van der Waals surface area contributed by atoms with E-state index in [1.54, 1.807) is 0 Å². The fraction of sp³-hybridized carbons (Fsp3) is 0.214. The Hall–Kier alpha value is -2.28. The van der Waals surface area contributed by atoms with Crippen molar-refractivity contribution < 1.29 is 9.53 Å². The first-order valence-corrected chi connectivity index (χ1v) is 7.20. The summed E-state index contributed by atoms with van der Waals surface area (Å²) in [5, 5.41) is 0.452. The Morgan fingerprint density at radius 1 is 1.38 bits per heavy atom. The minimum absolute atomic E-state index is 0.184. The van der Waals surface area contributed by atoms with E-state index in [1.165, 1.54) is 24.9 Å². The van der Waals surface area contributed by atoms with Crippen molar-refractivity contribution in [2.45, 2.75) is 17.3 Å². The molecule has 0 bridgehead atoms. The van der Waals surface area contributed by atoms with Crippen LogP contribution in [0.15, 0.2) is 40.3 Å². The van der Waals surface area contributed by atoms with E-state index in [4.69, 9.17) is 5.73 Å². The number of nitrogens with zero attached hydrogens (tertiary/aromatic N) is 1. The second-order valence-electron chi connectivity index (χ2n) is 4.29. The number of thioether (sulfide) groups is 1. The van der Waals surface area contributed by atoms with Crippen molar-refractivity contribution >= 4 is 23.5 Å². The van der Waals surface area contributed by atoms with Crippen LogP contribution in [0.25, 0.3) is 0 Å². The van der Waals surface area contributed by atoms with E-state index >= 15 is 0 Å². The van der Waals surface area contributed by atoms with Crippen LogP contribution in [-0.4, -0.2) is 23.0 Å². The summed E-state index contributed by atoms with van der Waals surface area (Å²) in [6.45, 7) is 0. The predicted octanol–water partition coefficient (Wildman–Crippen LogP) is 1.36. The molecule has 0 amide bonds. The second kappa shape index (κ2) is 6.94. The van der Waals surface area contributed by atoms with Gasteiger partial charge in [0.1, 0.15) is 5.82 Å². The largest absolute Gasteiger partial charge is 0.469 e. The van der Waals surface area contributed by atoms with Gasteiger partial charge in [0.15, 0.2) is 5.16 Å². The summed E-state index contributed by atoms with van der Waals surface area (Å²) < 4.78 is 4.68. The van der Waals surface area contributed by atoms with E-state index in [1.807, 2.05) is 24.3 Å². The molecule has 1 heterocycles. The zero-order valence-electron chi connectivity index (χ0n) is 11.5. The van der Waals surface area contributed by atoms with E-state index in [2.05, 4.69) is 14.7 Å². The van der Waals surface area contributed by atoms with Crippen molar-refractivity contribution in [3.8, 4) is 0 Å². The van der Waals surface area contributed by atoms with Crippen molar-refractivity contribution in [1.82, 2.24) is 9.97 Å². The van der Waals surface area contributed by atoms with Gasteiger partial charge in [-0.1, -0.05) is 36.0 Å². The molecule has 6 nitrogen and oxygen atoms in total. The molecule has 0 saturated heterocycles. The summed E-state index contributed by atoms with van der Waals surface area (Å²) in [4.78, 5) is 29.4. The van der Waals surface area contributed by atoms with Crippen molar-refractivity contribution in [2.24, 2.45) is 0 Å². The highest BCUT2D eigenvalue weighted by Crippen LogP contribution is 2.21. The molecular weight excluding hydrogens is 290 g/mol. The lowest BCUT2D eigenvalue weighted by molar-refractivity contribution is -0.139. The fourth-order valence-electron chi connectivity index (χ4n) is 1.77. The number of carbonyl (C=O) groups is 1.